The number of hydrogen-bond donors (Lipinski definition) is 2. The Morgan fingerprint density at radius 1 is 1.28 bits per heavy atom. The van der Waals surface area contributed by atoms with Crippen LogP contribution in [-0.2, 0) is 0 Å². The topological polar surface area (TPSA) is 32.3 Å². The molecule has 0 spiro atoms. The first-order valence-electron chi connectivity index (χ1n) is 7.05. The Morgan fingerprint density at radius 3 is 2.56 bits per heavy atom. The zero-order valence-corrected chi connectivity index (χ0v) is 11.7. The van der Waals surface area contributed by atoms with Gasteiger partial charge in [-0.3, -0.25) is 0 Å². The molecule has 0 bridgehead atoms. The molecule has 2 nitrogen and oxygen atoms in total. The minimum atomic E-state index is -0.220. The minimum absolute atomic E-state index is 0.220. The molecule has 2 rings (SSSR count). The zero-order chi connectivity index (χ0) is 13.1. The third-order valence-electron chi connectivity index (χ3n) is 4.15. The van der Waals surface area contributed by atoms with Crippen LogP contribution in [0.3, 0.4) is 0 Å². The number of aliphatic hydroxyl groups excluding tert-OH is 1. The first-order chi connectivity index (χ1) is 8.58. The molecular formula is C16H25NO. The Morgan fingerprint density at radius 2 is 1.94 bits per heavy atom. The first-order valence-corrected chi connectivity index (χ1v) is 7.05. The van der Waals surface area contributed by atoms with Gasteiger partial charge in [0.05, 0.1) is 6.10 Å². The van der Waals surface area contributed by atoms with Crippen molar-refractivity contribution < 1.29 is 5.11 Å². The van der Waals surface area contributed by atoms with Crippen LogP contribution in [-0.4, -0.2) is 23.8 Å². The molecule has 1 fully saturated rings. The molecule has 0 aliphatic heterocycles. The molecule has 18 heavy (non-hydrogen) atoms. The number of aliphatic hydroxyl groups is 1. The van der Waals surface area contributed by atoms with Gasteiger partial charge in [-0.05, 0) is 42.7 Å². The van der Waals surface area contributed by atoms with E-state index in [9.17, 15) is 5.11 Å². The highest BCUT2D eigenvalue weighted by atomic mass is 16.3. The summed E-state index contributed by atoms with van der Waals surface area (Å²) in [4.78, 5) is 0. The van der Waals surface area contributed by atoms with Gasteiger partial charge in [-0.15, -0.1) is 0 Å². The Kier molecular flexibility index (Phi) is 4.41. The van der Waals surface area contributed by atoms with Crippen LogP contribution in [0.1, 0.15) is 43.7 Å². The molecule has 2 N–H and O–H groups in total. The molecule has 1 aliphatic rings. The van der Waals surface area contributed by atoms with Crippen LogP contribution in [0.25, 0.3) is 0 Å². The van der Waals surface area contributed by atoms with Gasteiger partial charge in [-0.2, -0.15) is 0 Å². The summed E-state index contributed by atoms with van der Waals surface area (Å²) in [5.41, 5.74) is 2.91. The molecule has 1 aromatic rings. The van der Waals surface area contributed by atoms with Crippen LogP contribution in [0.4, 0.5) is 0 Å². The van der Waals surface area contributed by atoms with Crippen LogP contribution < -0.4 is 5.32 Å². The van der Waals surface area contributed by atoms with Gasteiger partial charge in [0, 0.05) is 12.6 Å². The second-order valence-electron chi connectivity index (χ2n) is 5.94. The highest BCUT2D eigenvalue weighted by Gasteiger charge is 2.30. The van der Waals surface area contributed by atoms with Gasteiger partial charge < -0.3 is 10.4 Å². The highest BCUT2D eigenvalue weighted by molar-refractivity contribution is 5.31. The SMILES string of the molecule is Cc1ccccc1C1CC(NCC(O)C(C)C)C1. The molecule has 1 unspecified atom stereocenters. The van der Waals surface area contributed by atoms with E-state index in [2.05, 4.69) is 50.4 Å². The molecule has 0 saturated heterocycles. The zero-order valence-electron chi connectivity index (χ0n) is 11.7. The van der Waals surface area contributed by atoms with Crippen LogP contribution in [0.2, 0.25) is 0 Å². The number of rotatable bonds is 5. The summed E-state index contributed by atoms with van der Waals surface area (Å²) >= 11 is 0. The van der Waals surface area contributed by atoms with Crippen molar-refractivity contribution in [2.75, 3.05) is 6.54 Å². The fraction of sp³-hybridized carbons (Fsp3) is 0.625. The van der Waals surface area contributed by atoms with E-state index in [-0.39, 0.29) is 6.10 Å². The molecule has 0 aromatic heterocycles. The Balaban J connectivity index is 1.76. The first kappa shape index (κ1) is 13.6. The summed E-state index contributed by atoms with van der Waals surface area (Å²) in [5, 5.41) is 13.2. The largest absolute Gasteiger partial charge is 0.392 e. The fourth-order valence-electron chi connectivity index (χ4n) is 2.61. The van der Waals surface area contributed by atoms with E-state index < -0.39 is 0 Å². The molecule has 0 radical (unpaired) electrons. The summed E-state index contributed by atoms with van der Waals surface area (Å²) in [6.45, 7) is 7.04. The van der Waals surface area contributed by atoms with Crippen molar-refractivity contribution in [2.45, 2.75) is 51.7 Å². The van der Waals surface area contributed by atoms with Gasteiger partial charge in [-0.1, -0.05) is 38.1 Å². The van der Waals surface area contributed by atoms with Crippen molar-refractivity contribution in [1.82, 2.24) is 5.32 Å². The van der Waals surface area contributed by atoms with Crippen molar-refractivity contribution in [3.8, 4) is 0 Å². The van der Waals surface area contributed by atoms with E-state index in [1.807, 2.05) is 0 Å². The number of benzene rings is 1. The Bertz CT molecular complexity index is 382. The maximum Gasteiger partial charge on any atom is 0.0687 e. The summed E-state index contributed by atoms with van der Waals surface area (Å²) in [5.74, 6) is 1.05. The Hall–Kier alpha value is -0.860. The van der Waals surface area contributed by atoms with E-state index in [1.165, 1.54) is 24.0 Å². The summed E-state index contributed by atoms with van der Waals surface area (Å²) in [6.07, 6.45) is 2.19. The minimum Gasteiger partial charge on any atom is -0.392 e. The van der Waals surface area contributed by atoms with Crippen molar-refractivity contribution in [1.29, 1.82) is 0 Å². The van der Waals surface area contributed by atoms with Crippen molar-refractivity contribution in [3.05, 3.63) is 35.4 Å². The monoisotopic (exact) mass is 247 g/mol. The third-order valence-corrected chi connectivity index (χ3v) is 4.15. The van der Waals surface area contributed by atoms with Crippen molar-refractivity contribution >= 4 is 0 Å². The predicted molar refractivity (Wildman–Crippen MR) is 75.8 cm³/mol. The van der Waals surface area contributed by atoms with E-state index in [1.54, 1.807) is 0 Å². The standard InChI is InChI=1S/C16H25NO/c1-11(2)16(18)10-17-14-8-13(9-14)15-7-5-4-6-12(15)3/h4-7,11,13-14,16-18H,8-10H2,1-3H3. The highest BCUT2D eigenvalue weighted by Crippen LogP contribution is 2.38. The van der Waals surface area contributed by atoms with Gasteiger partial charge in [0.25, 0.3) is 0 Å². The molecular weight excluding hydrogens is 222 g/mol. The number of hydrogen-bond acceptors (Lipinski definition) is 2. The van der Waals surface area contributed by atoms with Gasteiger partial charge >= 0.3 is 0 Å². The maximum atomic E-state index is 9.76. The van der Waals surface area contributed by atoms with E-state index in [4.69, 9.17) is 0 Å². The molecule has 100 valence electrons. The van der Waals surface area contributed by atoms with Crippen molar-refractivity contribution in [3.63, 3.8) is 0 Å². The van der Waals surface area contributed by atoms with Gasteiger partial charge in [0.15, 0.2) is 0 Å². The molecule has 2 heteroatoms. The lowest BCUT2D eigenvalue weighted by atomic mass is 9.74. The third kappa shape index (κ3) is 3.12. The molecule has 1 saturated carbocycles. The Labute approximate surface area is 110 Å². The second kappa shape index (κ2) is 5.85. The quantitative estimate of drug-likeness (QED) is 0.838. The molecule has 1 atom stereocenters. The fourth-order valence-corrected chi connectivity index (χ4v) is 2.61. The summed E-state index contributed by atoms with van der Waals surface area (Å²) in [6, 6.07) is 9.26. The average molecular weight is 247 g/mol. The summed E-state index contributed by atoms with van der Waals surface area (Å²) in [7, 11) is 0. The van der Waals surface area contributed by atoms with Crippen molar-refractivity contribution in [2.24, 2.45) is 5.92 Å². The average Bonchev–Trinajstić information content (AvgIpc) is 2.28. The normalized spacial score (nSPS) is 24.9. The van der Waals surface area contributed by atoms with Crippen LogP contribution >= 0.6 is 0 Å². The van der Waals surface area contributed by atoms with E-state index >= 15 is 0 Å². The summed E-state index contributed by atoms with van der Waals surface area (Å²) < 4.78 is 0. The molecule has 1 aliphatic carbocycles. The van der Waals surface area contributed by atoms with Gasteiger partial charge in [0.2, 0.25) is 0 Å². The van der Waals surface area contributed by atoms with Crippen LogP contribution in [0.5, 0.6) is 0 Å². The molecule has 0 heterocycles. The lowest BCUT2D eigenvalue weighted by Crippen LogP contribution is -2.44. The number of nitrogens with one attached hydrogen (secondary N) is 1. The lowest BCUT2D eigenvalue weighted by molar-refractivity contribution is 0.112. The van der Waals surface area contributed by atoms with E-state index in [0.717, 1.165) is 6.54 Å². The molecule has 1 aromatic carbocycles. The van der Waals surface area contributed by atoms with E-state index in [0.29, 0.717) is 17.9 Å². The lowest BCUT2D eigenvalue weighted by Gasteiger charge is -2.37. The van der Waals surface area contributed by atoms with Crippen LogP contribution in [0, 0.1) is 12.8 Å². The second-order valence-corrected chi connectivity index (χ2v) is 5.94. The van der Waals surface area contributed by atoms with Crippen LogP contribution in [0.15, 0.2) is 24.3 Å². The molecule has 0 amide bonds. The van der Waals surface area contributed by atoms with Gasteiger partial charge in [-0.25, -0.2) is 0 Å². The maximum absolute atomic E-state index is 9.76. The smallest absolute Gasteiger partial charge is 0.0687 e. The van der Waals surface area contributed by atoms with Gasteiger partial charge in [0.1, 0.15) is 0 Å². The predicted octanol–water partition coefficient (Wildman–Crippen LogP) is 2.85. The number of aryl methyl sites for hydroxylation is 1.